The van der Waals surface area contributed by atoms with Gasteiger partial charge in [-0.05, 0) is 37.0 Å². The molecule has 1 rings (SSSR count). The number of nitrogens with zero attached hydrogens (tertiary/aromatic N) is 1. The summed E-state index contributed by atoms with van der Waals surface area (Å²) in [7, 11) is 1.82. The number of benzene rings is 1. The van der Waals surface area contributed by atoms with E-state index in [1.165, 1.54) is 5.56 Å². The zero-order valence-electron chi connectivity index (χ0n) is 10.7. The molecule has 0 saturated carbocycles. The number of carbonyl (C=O) groups excluding carboxylic acids is 1. The molecule has 0 aliphatic rings. The Balaban J connectivity index is 2.74. The van der Waals surface area contributed by atoms with Gasteiger partial charge < -0.3 is 4.90 Å². The summed E-state index contributed by atoms with van der Waals surface area (Å²) in [6, 6.07) is 7.95. The highest BCUT2D eigenvalue weighted by molar-refractivity contribution is 5.94. The highest BCUT2D eigenvalue weighted by Gasteiger charge is 2.09. The molecular formula is C14H21NO. The molecule has 0 spiro atoms. The van der Waals surface area contributed by atoms with E-state index in [1.54, 1.807) is 4.90 Å². The predicted octanol–water partition coefficient (Wildman–Crippen LogP) is 2.98. The largest absolute Gasteiger partial charge is 0.342 e. The first-order valence-electron chi connectivity index (χ1n) is 5.89. The molecular weight excluding hydrogens is 198 g/mol. The van der Waals surface area contributed by atoms with Crippen LogP contribution in [0.4, 0.5) is 0 Å². The average molecular weight is 219 g/mol. The van der Waals surface area contributed by atoms with Crippen LogP contribution in [0.15, 0.2) is 24.3 Å². The maximum Gasteiger partial charge on any atom is 0.253 e. The minimum absolute atomic E-state index is 0.0959. The normalized spacial score (nSPS) is 10.6. The van der Waals surface area contributed by atoms with Crippen molar-refractivity contribution < 1.29 is 4.79 Å². The van der Waals surface area contributed by atoms with Gasteiger partial charge in [0.05, 0.1) is 0 Å². The van der Waals surface area contributed by atoms with E-state index in [2.05, 4.69) is 26.0 Å². The molecule has 0 aliphatic heterocycles. The van der Waals surface area contributed by atoms with E-state index in [9.17, 15) is 4.79 Å². The highest BCUT2D eigenvalue weighted by Crippen LogP contribution is 2.11. The molecule has 1 aromatic rings. The summed E-state index contributed by atoms with van der Waals surface area (Å²) in [6.45, 7) is 7.12. The summed E-state index contributed by atoms with van der Waals surface area (Å²) in [6.07, 6.45) is 1.07. The van der Waals surface area contributed by atoms with E-state index in [0.29, 0.717) is 5.92 Å². The van der Waals surface area contributed by atoms with Crippen LogP contribution in [0.3, 0.4) is 0 Å². The molecule has 2 heteroatoms. The number of hydrogen-bond acceptors (Lipinski definition) is 1. The lowest BCUT2D eigenvalue weighted by Gasteiger charge is -2.14. The predicted molar refractivity (Wildman–Crippen MR) is 67.6 cm³/mol. The van der Waals surface area contributed by atoms with Crippen LogP contribution < -0.4 is 0 Å². The number of rotatable bonds is 4. The Morgan fingerprint density at radius 3 is 2.25 bits per heavy atom. The lowest BCUT2D eigenvalue weighted by molar-refractivity contribution is 0.0802. The quantitative estimate of drug-likeness (QED) is 0.762. The van der Waals surface area contributed by atoms with Crippen molar-refractivity contribution >= 4 is 5.91 Å². The molecule has 1 aromatic carbocycles. The minimum Gasteiger partial charge on any atom is -0.342 e. The van der Waals surface area contributed by atoms with E-state index in [0.717, 1.165) is 18.5 Å². The zero-order valence-corrected chi connectivity index (χ0v) is 10.7. The standard InChI is InChI=1S/C14H21NO/c1-5-15(4)14(16)13-8-6-12(7-9-13)10-11(2)3/h6-9,11H,5,10H2,1-4H3. The molecule has 0 N–H and O–H groups in total. The van der Waals surface area contributed by atoms with Crippen LogP contribution in [-0.4, -0.2) is 24.4 Å². The third-order valence-corrected chi connectivity index (χ3v) is 2.67. The van der Waals surface area contributed by atoms with Crippen LogP contribution >= 0.6 is 0 Å². The van der Waals surface area contributed by atoms with Gasteiger partial charge in [-0.15, -0.1) is 0 Å². The Kier molecular flexibility index (Phi) is 4.53. The summed E-state index contributed by atoms with van der Waals surface area (Å²) in [4.78, 5) is 13.6. The topological polar surface area (TPSA) is 20.3 Å². The van der Waals surface area contributed by atoms with Gasteiger partial charge in [0.2, 0.25) is 0 Å². The Morgan fingerprint density at radius 2 is 1.81 bits per heavy atom. The van der Waals surface area contributed by atoms with Gasteiger partial charge in [0.1, 0.15) is 0 Å². The molecule has 0 saturated heterocycles. The van der Waals surface area contributed by atoms with Crippen LogP contribution in [0.2, 0.25) is 0 Å². The van der Waals surface area contributed by atoms with E-state index >= 15 is 0 Å². The van der Waals surface area contributed by atoms with E-state index < -0.39 is 0 Å². The molecule has 0 bridgehead atoms. The summed E-state index contributed by atoms with van der Waals surface area (Å²) in [5.74, 6) is 0.749. The van der Waals surface area contributed by atoms with E-state index in [1.807, 2.05) is 26.1 Å². The molecule has 16 heavy (non-hydrogen) atoms. The SMILES string of the molecule is CCN(C)C(=O)c1ccc(CC(C)C)cc1. The third-order valence-electron chi connectivity index (χ3n) is 2.67. The van der Waals surface area contributed by atoms with Crippen LogP contribution in [0.25, 0.3) is 0 Å². The maximum absolute atomic E-state index is 11.8. The molecule has 1 amide bonds. The molecule has 2 nitrogen and oxygen atoms in total. The Bertz CT molecular complexity index is 340. The fraction of sp³-hybridized carbons (Fsp3) is 0.500. The van der Waals surface area contributed by atoms with Gasteiger partial charge in [0.25, 0.3) is 5.91 Å². The van der Waals surface area contributed by atoms with Gasteiger partial charge in [-0.25, -0.2) is 0 Å². The second-order valence-electron chi connectivity index (χ2n) is 4.61. The second-order valence-corrected chi connectivity index (χ2v) is 4.61. The molecule has 0 atom stereocenters. The first-order chi connectivity index (χ1) is 7.54. The lowest BCUT2D eigenvalue weighted by atomic mass is 10.0. The summed E-state index contributed by atoms with van der Waals surface area (Å²) in [5.41, 5.74) is 2.07. The van der Waals surface area contributed by atoms with E-state index in [-0.39, 0.29) is 5.91 Å². The van der Waals surface area contributed by atoms with Crippen molar-refractivity contribution in [2.75, 3.05) is 13.6 Å². The first-order valence-corrected chi connectivity index (χ1v) is 5.89. The van der Waals surface area contributed by atoms with Crippen molar-refractivity contribution in [3.8, 4) is 0 Å². The van der Waals surface area contributed by atoms with Crippen molar-refractivity contribution in [1.29, 1.82) is 0 Å². The average Bonchev–Trinajstić information content (AvgIpc) is 2.27. The van der Waals surface area contributed by atoms with Crippen LogP contribution in [-0.2, 0) is 6.42 Å². The molecule has 88 valence electrons. The first kappa shape index (κ1) is 12.8. The molecule has 0 radical (unpaired) electrons. The lowest BCUT2D eigenvalue weighted by Crippen LogP contribution is -2.26. The summed E-state index contributed by atoms with van der Waals surface area (Å²) in [5, 5.41) is 0. The van der Waals surface area contributed by atoms with Crippen LogP contribution in [0.5, 0.6) is 0 Å². The monoisotopic (exact) mass is 219 g/mol. The van der Waals surface area contributed by atoms with Gasteiger partial charge >= 0.3 is 0 Å². The van der Waals surface area contributed by atoms with Crippen molar-refractivity contribution in [3.63, 3.8) is 0 Å². The Morgan fingerprint density at radius 1 is 1.25 bits per heavy atom. The summed E-state index contributed by atoms with van der Waals surface area (Å²) >= 11 is 0. The van der Waals surface area contributed by atoms with Crippen LogP contribution in [0.1, 0.15) is 36.7 Å². The van der Waals surface area contributed by atoms with Crippen molar-refractivity contribution in [2.45, 2.75) is 27.2 Å². The molecule has 0 aromatic heterocycles. The Hall–Kier alpha value is -1.31. The van der Waals surface area contributed by atoms with Crippen molar-refractivity contribution in [2.24, 2.45) is 5.92 Å². The summed E-state index contributed by atoms with van der Waals surface area (Å²) < 4.78 is 0. The number of carbonyl (C=O) groups is 1. The highest BCUT2D eigenvalue weighted by atomic mass is 16.2. The van der Waals surface area contributed by atoms with Crippen molar-refractivity contribution in [3.05, 3.63) is 35.4 Å². The fourth-order valence-corrected chi connectivity index (χ4v) is 1.62. The van der Waals surface area contributed by atoms with Gasteiger partial charge in [-0.2, -0.15) is 0 Å². The van der Waals surface area contributed by atoms with Crippen LogP contribution in [0, 0.1) is 5.92 Å². The van der Waals surface area contributed by atoms with Gasteiger partial charge in [-0.3, -0.25) is 4.79 Å². The number of amides is 1. The molecule has 0 heterocycles. The van der Waals surface area contributed by atoms with Gasteiger partial charge in [-0.1, -0.05) is 26.0 Å². The molecule has 0 fully saturated rings. The van der Waals surface area contributed by atoms with E-state index in [4.69, 9.17) is 0 Å². The molecule has 0 unspecified atom stereocenters. The second kappa shape index (κ2) is 5.69. The number of hydrogen-bond donors (Lipinski definition) is 0. The fourth-order valence-electron chi connectivity index (χ4n) is 1.62. The van der Waals surface area contributed by atoms with Gasteiger partial charge in [0, 0.05) is 19.2 Å². The Labute approximate surface area is 98.3 Å². The smallest absolute Gasteiger partial charge is 0.253 e. The zero-order chi connectivity index (χ0) is 12.1. The maximum atomic E-state index is 11.8. The van der Waals surface area contributed by atoms with Gasteiger partial charge in [0.15, 0.2) is 0 Å². The minimum atomic E-state index is 0.0959. The van der Waals surface area contributed by atoms with Crippen molar-refractivity contribution in [1.82, 2.24) is 4.90 Å². The molecule has 0 aliphatic carbocycles. The third kappa shape index (κ3) is 3.37.